The number of guanidine groups is 1. The Morgan fingerprint density at radius 1 is 1.27 bits per heavy atom. The molecule has 26 heavy (non-hydrogen) atoms. The van der Waals surface area contributed by atoms with Crippen molar-refractivity contribution >= 4 is 5.96 Å². The standard InChI is InChI=1S/C17H31F3N4O2/c1-21-16(22-5-2-7-25-11-15-4-8-26-12-15)23-9-14-3-6-24(10-14)13-17(18,19)20/h14-15H,2-13H2,1H3,(H2,21,22,23). The lowest BCUT2D eigenvalue weighted by Crippen LogP contribution is -2.41. The second-order valence-corrected chi connectivity index (χ2v) is 7.04. The van der Waals surface area contributed by atoms with Gasteiger partial charge in [0.25, 0.3) is 0 Å². The third kappa shape index (κ3) is 8.55. The van der Waals surface area contributed by atoms with Gasteiger partial charge in [0.1, 0.15) is 0 Å². The van der Waals surface area contributed by atoms with E-state index >= 15 is 0 Å². The fraction of sp³-hybridized carbons (Fsp3) is 0.941. The molecule has 2 saturated heterocycles. The van der Waals surface area contributed by atoms with Crippen LogP contribution in [0.25, 0.3) is 0 Å². The lowest BCUT2D eigenvalue weighted by atomic mass is 10.1. The Balaban J connectivity index is 1.50. The molecule has 0 aliphatic carbocycles. The van der Waals surface area contributed by atoms with Crippen molar-refractivity contribution in [2.24, 2.45) is 16.8 Å². The van der Waals surface area contributed by atoms with Gasteiger partial charge in [-0.15, -0.1) is 0 Å². The topological polar surface area (TPSA) is 58.1 Å². The lowest BCUT2D eigenvalue weighted by molar-refractivity contribution is -0.143. The molecule has 0 aromatic carbocycles. The predicted octanol–water partition coefficient (Wildman–Crippen LogP) is 1.48. The molecule has 0 spiro atoms. The largest absolute Gasteiger partial charge is 0.401 e. The molecule has 2 N–H and O–H groups in total. The van der Waals surface area contributed by atoms with E-state index in [-0.39, 0.29) is 5.92 Å². The Labute approximate surface area is 153 Å². The zero-order valence-electron chi connectivity index (χ0n) is 15.5. The van der Waals surface area contributed by atoms with E-state index in [0.717, 1.165) is 45.6 Å². The van der Waals surface area contributed by atoms with Crippen LogP contribution in [0.5, 0.6) is 0 Å². The summed E-state index contributed by atoms with van der Waals surface area (Å²) in [5, 5.41) is 6.42. The molecule has 0 radical (unpaired) electrons. The number of alkyl halides is 3. The summed E-state index contributed by atoms with van der Waals surface area (Å²) in [7, 11) is 1.69. The van der Waals surface area contributed by atoms with Crippen LogP contribution in [0.2, 0.25) is 0 Å². The molecule has 2 unspecified atom stereocenters. The van der Waals surface area contributed by atoms with Crippen LogP contribution in [0.4, 0.5) is 13.2 Å². The Hall–Kier alpha value is -1.06. The SMILES string of the molecule is CN=C(NCCCOCC1CCOC1)NCC1CCN(CC(F)(F)F)C1. The summed E-state index contributed by atoms with van der Waals surface area (Å²) >= 11 is 0. The van der Waals surface area contributed by atoms with E-state index in [9.17, 15) is 13.2 Å². The van der Waals surface area contributed by atoms with Crippen molar-refractivity contribution in [2.45, 2.75) is 25.4 Å². The van der Waals surface area contributed by atoms with Gasteiger partial charge in [0.05, 0.1) is 19.8 Å². The minimum Gasteiger partial charge on any atom is -0.381 e. The van der Waals surface area contributed by atoms with E-state index in [1.54, 1.807) is 7.05 Å². The molecule has 2 heterocycles. The van der Waals surface area contributed by atoms with Crippen molar-refractivity contribution in [3.8, 4) is 0 Å². The molecule has 0 aromatic heterocycles. The quantitative estimate of drug-likeness (QED) is 0.361. The lowest BCUT2D eigenvalue weighted by Gasteiger charge is -2.18. The third-order valence-electron chi connectivity index (χ3n) is 4.69. The van der Waals surface area contributed by atoms with Crippen molar-refractivity contribution in [1.82, 2.24) is 15.5 Å². The average molecular weight is 380 g/mol. The predicted molar refractivity (Wildman–Crippen MR) is 94.3 cm³/mol. The van der Waals surface area contributed by atoms with Crippen LogP contribution < -0.4 is 10.6 Å². The van der Waals surface area contributed by atoms with Crippen LogP contribution in [0, 0.1) is 11.8 Å². The van der Waals surface area contributed by atoms with Crippen LogP contribution in [0.15, 0.2) is 4.99 Å². The maximum Gasteiger partial charge on any atom is 0.401 e. The summed E-state index contributed by atoms with van der Waals surface area (Å²) in [6.45, 7) is 4.62. The van der Waals surface area contributed by atoms with Gasteiger partial charge < -0.3 is 20.1 Å². The molecule has 2 rings (SSSR count). The molecular formula is C17H31F3N4O2. The van der Waals surface area contributed by atoms with Crippen LogP contribution in [-0.2, 0) is 9.47 Å². The third-order valence-corrected chi connectivity index (χ3v) is 4.69. The van der Waals surface area contributed by atoms with Gasteiger partial charge in [-0.3, -0.25) is 9.89 Å². The van der Waals surface area contributed by atoms with Crippen LogP contribution in [-0.4, -0.2) is 83.2 Å². The average Bonchev–Trinajstić information content (AvgIpc) is 3.24. The van der Waals surface area contributed by atoms with E-state index in [1.165, 1.54) is 4.90 Å². The molecule has 0 saturated carbocycles. The van der Waals surface area contributed by atoms with E-state index in [4.69, 9.17) is 9.47 Å². The van der Waals surface area contributed by atoms with E-state index in [1.807, 2.05) is 0 Å². The molecule has 0 bridgehead atoms. The first kappa shape index (κ1) is 21.2. The van der Waals surface area contributed by atoms with Crippen LogP contribution >= 0.6 is 0 Å². The number of hydrogen-bond donors (Lipinski definition) is 2. The smallest absolute Gasteiger partial charge is 0.381 e. The first-order valence-electron chi connectivity index (χ1n) is 9.35. The Morgan fingerprint density at radius 3 is 2.81 bits per heavy atom. The summed E-state index contributed by atoms with van der Waals surface area (Å²) in [4.78, 5) is 5.62. The second-order valence-electron chi connectivity index (χ2n) is 7.04. The Kier molecular flexibility index (Phi) is 8.94. The molecule has 0 amide bonds. The first-order chi connectivity index (χ1) is 12.5. The first-order valence-corrected chi connectivity index (χ1v) is 9.35. The molecule has 2 atom stereocenters. The van der Waals surface area contributed by atoms with Crippen molar-refractivity contribution in [2.75, 3.05) is 66.2 Å². The fourth-order valence-electron chi connectivity index (χ4n) is 3.28. The molecule has 6 nitrogen and oxygen atoms in total. The van der Waals surface area contributed by atoms with Gasteiger partial charge in [-0.2, -0.15) is 13.2 Å². The highest BCUT2D eigenvalue weighted by Gasteiger charge is 2.34. The highest BCUT2D eigenvalue weighted by Crippen LogP contribution is 2.22. The zero-order chi connectivity index (χ0) is 18.8. The fourth-order valence-corrected chi connectivity index (χ4v) is 3.28. The number of halogens is 3. The summed E-state index contributed by atoms with van der Waals surface area (Å²) in [6.07, 6.45) is -1.39. The Bertz CT molecular complexity index is 429. The summed E-state index contributed by atoms with van der Waals surface area (Å²) in [6, 6.07) is 0. The summed E-state index contributed by atoms with van der Waals surface area (Å²) in [5.41, 5.74) is 0. The number of nitrogens with one attached hydrogen (secondary N) is 2. The van der Waals surface area contributed by atoms with Crippen molar-refractivity contribution in [1.29, 1.82) is 0 Å². The van der Waals surface area contributed by atoms with Gasteiger partial charge in [-0.1, -0.05) is 0 Å². The number of rotatable bonds is 9. The number of aliphatic imine (C=N–C) groups is 1. The van der Waals surface area contributed by atoms with Gasteiger partial charge in [0.15, 0.2) is 5.96 Å². The minimum absolute atomic E-state index is 0.216. The van der Waals surface area contributed by atoms with Gasteiger partial charge in [-0.25, -0.2) is 0 Å². The van der Waals surface area contributed by atoms with Crippen LogP contribution in [0.3, 0.4) is 0 Å². The highest BCUT2D eigenvalue weighted by molar-refractivity contribution is 5.79. The van der Waals surface area contributed by atoms with Crippen molar-refractivity contribution < 1.29 is 22.6 Å². The zero-order valence-corrected chi connectivity index (χ0v) is 15.5. The molecular weight excluding hydrogens is 349 g/mol. The van der Waals surface area contributed by atoms with Crippen molar-refractivity contribution in [3.63, 3.8) is 0 Å². The number of nitrogens with zero attached hydrogens (tertiary/aromatic N) is 2. The number of likely N-dealkylation sites (tertiary alicyclic amines) is 1. The molecule has 0 aromatic rings. The molecule has 9 heteroatoms. The molecule has 2 aliphatic heterocycles. The summed E-state index contributed by atoms with van der Waals surface area (Å²) < 4.78 is 48.2. The molecule has 2 fully saturated rings. The van der Waals surface area contributed by atoms with Crippen LogP contribution in [0.1, 0.15) is 19.3 Å². The second kappa shape index (κ2) is 10.9. The van der Waals surface area contributed by atoms with Gasteiger partial charge in [-0.05, 0) is 31.7 Å². The minimum atomic E-state index is -4.12. The number of hydrogen-bond acceptors (Lipinski definition) is 4. The van der Waals surface area contributed by atoms with E-state index < -0.39 is 12.7 Å². The van der Waals surface area contributed by atoms with E-state index in [0.29, 0.717) is 38.1 Å². The van der Waals surface area contributed by atoms with Crippen molar-refractivity contribution in [3.05, 3.63) is 0 Å². The van der Waals surface area contributed by atoms with E-state index in [2.05, 4.69) is 15.6 Å². The van der Waals surface area contributed by atoms with Gasteiger partial charge in [0, 0.05) is 45.8 Å². The van der Waals surface area contributed by atoms with Gasteiger partial charge in [0.2, 0.25) is 0 Å². The molecule has 152 valence electrons. The normalized spacial score (nSPS) is 25.0. The highest BCUT2D eigenvalue weighted by atomic mass is 19.4. The number of ether oxygens (including phenoxy) is 2. The molecule has 2 aliphatic rings. The maximum atomic E-state index is 12.4. The summed E-state index contributed by atoms with van der Waals surface area (Å²) in [5.74, 6) is 1.43. The van der Waals surface area contributed by atoms with Gasteiger partial charge >= 0.3 is 6.18 Å². The Morgan fingerprint density at radius 2 is 2.12 bits per heavy atom. The monoisotopic (exact) mass is 380 g/mol. The maximum absolute atomic E-state index is 12.4.